The molecule has 4 amide bonds. The third-order valence-corrected chi connectivity index (χ3v) is 5.19. The van der Waals surface area contributed by atoms with Crippen LogP contribution in [-0.4, -0.2) is 29.9 Å². The molecule has 0 spiro atoms. The predicted octanol–water partition coefficient (Wildman–Crippen LogP) is 4.56. The van der Waals surface area contributed by atoms with Gasteiger partial charge in [0.15, 0.2) is 0 Å². The quantitative estimate of drug-likeness (QED) is 0.380. The largest absolute Gasteiger partial charge is 0.479 e. The van der Waals surface area contributed by atoms with Gasteiger partial charge in [0.1, 0.15) is 17.2 Å². The fourth-order valence-corrected chi connectivity index (χ4v) is 3.58. The lowest BCUT2D eigenvalue weighted by molar-refractivity contribution is 0.0879. The third kappa shape index (κ3) is 4.09. The summed E-state index contributed by atoms with van der Waals surface area (Å²) in [5.41, 5.74) is 2.34. The third-order valence-electron chi connectivity index (χ3n) is 5.19. The van der Waals surface area contributed by atoms with E-state index in [1.807, 2.05) is 24.3 Å². The fourth-order valence-electron chi connectivity index (χ4n) is 3.58. The van der Waals surface area contributed by atoms with Crippen molar-refractivity contribution in [2.75, 3.05) is 17.7 Å². The molecule has 3 aromatic carbocycles. The zero-order valence-electron chi connectivity index (χ0n) is 17.9. The molecule has 0 saturated carbocycles. The summed E-state index contributed by atoms with van der Waals surface area (Å²) in [6.45, 7) is 0. The van der Waals surface area contributed by atoms with E-state index in [0.717, 1.165) is 10.9 Å². The van der Waals surface area contributed by atoms with Crippen molar-refractivity contribution in [1.29, 1.82) is 0 Å². The Morgan fingerprint density at radius 1 is 0.853 bits per heavy atom. The molecule has 9 heteroatoms. The molecule has 4 aromatic rings. The average molecular weight is 454 g/mol. The summed E-state index contributed by atoms with van der Waals surface area (Å²) in [7, 11) is 1.49. The van der Waals surface area contributed by atoms with E-state index in [0.29, 0.717) is 34.3 Å². The number of methoxy groups -OCH3 is 1. The van der Waals surface area contributed by atoms with Gasteiger partial charge in [0, 0.05) is 11.1 Å². The zero-order valence-corrected chi connectivity index (χ0v) is 17.9. The number of benzene rings is 3. The number of pyridine rings is 1. The fraction of sp³-hybridized carbons (Fsp3) is 0.0400. The van der Waals surface area contributed by atoms with Crippen LogP contribution < -0.4 is 25.4 Å². The zero-order chi connectivity index (χ0) is 23.7. The van der Waals surface area contributed by atoms with Gasteiger partial charge in [0.2, 0.25) is 5.88 Å². The Hall–Kier alpha value is -4.92. The summed E-state index contributed by atoms with van der Waals surface area (Å²) in [4.78, 5) is 40.4. The van der Waals surface area contributed by atoms with Crippen LogP contribution in [0.4, 0.5) is 16.2 Å². The summed E-state index contributed by atoms with van der Waals surface area (Å²) in [6, 6.07) is 20.2. The van der Waals surface area contributed by atoms with E-state index in [1.54, 1.807) is 42.5 Å². The van der Waals surface area contributed by atoms with E-state index in [-0.39, 0.29) is 5.56 Å². The maximum absolute atomic E-state index is 12.5. The van der Waals surface area contributed by atoms with E-state index in [2.05, 4.69) is 20.9 Å². The van der Waals surface area contributed by atoms with Gasteiger partial charge >= 0.3 is 6.03 Å². The number of para-hydroxylation sites is 1. The molecular weight excluding hydrogens is 436 g/mol. The van der Waals surface area contributed by atoms with Crippen molar-refractivity contribution in [3.8, 4) is 17.4 Å². The lowest BCUT2D eigenvalue weighted by atomic mass is 10.1. The van der Waals surface area contributed by atoms with Crippen molar-refractivity contribution in [1.82, 2.24) is 10.3 Å². The van der Waals surface area contributed by atoms with Gasteiger partial charge in [0.25, 0.3) is 11.8 Å². The van der Waals surface area contributed by atoms with E-state index < -0.39 is 17.8 Å². The molecule has 1 aliphatic heterocycles. The van der Waals surface area contributed by atoms with Crippen molar-refractivity contribution in [3.63, 3.8) is 0 Å². The molecule has 9 nitrogen and oxygen atoms in total. The summed E-state index contributed by atoms with van der Waals surface area (Å²) >= 11 is 0. The van der Waals surface area contributed by atoms with Crippen LogP contribution in [0.25, 0.3) is 10.9 Å². The number of hydrogen-bond acceptors (Lipinski definition) is 6. The number of anilines is 2. The number of imide groups is 1. The monoisotopic (exact) mass is 454 g/mol. The number of aromatic nitrogens is 1. The van der Waals surface area contributed by atoms with Gasteiger partial charge in [0.05, 0.1) is 23.8 Å². The topological polar surface area (TPSA) is 119 Å². The number of carbonyl (C=O) groups excluding carboxylic acids is 3. The number of rotatable bonds is 5. The first-order valence-electron chi connectivity index (χ1n) is 10.3. The van der Waals surface area contributed by atoms with E-state index in [9.17, 15) is 14.4 Å². The minimum Gasteiger partial charge on any atom is -0.479 e. The van der Waals surface area contributed by atoms with Crippen LogP contribution >= 0.6 is 0 Å². The highest BCUT2D eigenvalue weighted by atomic mass is 16.5. The molecule has 0 bridgehead atoms. The maximum atomic E-state index is 12.5. The first kappa shape index (κ1) is 21.0. The molecule has 1 aromatic heterocycles. The maximum Gasteiger partial charge on any atom is 0.323 e. The van der Waals surface area contributed by atoms with Gasteiger partial charge in [-0.3, -0.25) is 14.9 Å². The van der Waals surface area contributed by atoms with Gasteiger partial charge in [-0.15, -0.1) is 0 Å². The van der Waals surface area contributed by atoms with Gasteiger partial charge < -0.3 is 20.1 Å². The molecule has 0 atom stereocenters. The molecular formula is C25H18N4O5. The molecule has 0 radical (unpaired) electrons. The van der Waals surface area contributed by atoms with E-state index >= 15 is 0 Å². The van der Waals surface area contributed by atoms with Crippen LogP contribution in [0.15, 0.2) is 72.8 Å². The first-order chi connectivity index (χ1) is 16.5. The van der Waals surface area contributed by atoms with E-state index in [4.69, 9.17) is 9.47 Å². The summed E-state index contributed by atoms with van der Waals surface area (Å²) < 4.78 is 11.1. The van der Waals surface area contributed by atoms with Crippen LogP contribution in [-0.2, 0) is 0 Å². The number of amides is 4. The second-order valence-electron chi connectivity index (χ2n) is 7.43. The van der Waals surface area contributed by atoms with Crippen molar-refractivity contribution in [2.45, 2.75) is 0 Å². The Balaban J connectivity index is 1.25. The Kier molecular flexibility index (Phi) is 5.27. The molecule has 0 saturated heterocycles. The van der Waals surface area contributed by atoms with Crippen molar-refractivity contribution in [3.05, 3.63) is 83.9 Å². The lowest BCUT2D eigenvalue weighted by Crippen LogP contribution is -2.20. The highest BCUT2D eigenvalue weighted by molar-refractivity contribution is 6.21. The molecule has 34 heavy (non-hydrogen) atoms. The van der Waals surface area contributed by atoms with Crippen molar-refractivity contribution >= 4 is 40.1 Å². The van der Waals surface area contributed by atoms with E-state index in [1.165, 1.54) is 13.2 Å². The van der Waals surface area contributed by atoms with Gasteiger partial charge in [-0.05, 0) is 54.6 Å². The standard InChI is InChI=1S/C25H18N4O5/c1-33-24-21(12-14-4-2-3-5-20(14)27-24)28-25(32)26-15-6-8-16(9-7-15)34-17-10-11-18-19(13-17)23(31)29-22(18)30/h2-13H,1H3,(H2,26,28,32)(H,29,30,31). The van der Waals surface area contributed by atoms with Crippen LogP contribution in [0.3, 0.4) is 0 Å². The molecule has 1 aliphatic rings. The number of hydrogen-bond donors (Lipinski definition) is 3. The van der Waals surface area contributed by atoms with Gasteiger partial charge in [-0.2, -0.15) is 0 Å². The number of nitrogens with one attached hydrogen (secondary N) is 3. The van der Waals surface area contributed by atoms with Gasteiger partial charge in [-0.25, -0.2) is 9.78 Å². The smallest absolute Gasteiger partial charge is 0.323 e. The lowest BCUT2D eigenvalue weighted by Gasteiger charge is -2.12. The van der Waals surface area contributed by atoms with Crippen LogP contribution in [0.1, 0.15) is 20.7 Å². The summed E-state index contributed by atoms with van der Waals surface area (Å²) in [6.07, 6.45) is 0. The number of ether oxygens (including phenoxy) is 2. The number of urea groups is 1. The Labute approximate surface area is 193 Å². The molecule has 5 rings (SSSR count). The second-order valence-corrected chi connectivity index (χ2v) is 7.43. The number of fused-ring (bicyclic) bond motifs is 2. The Bertz CT molecular complexity index is 1450. The SMILES string of the molecule is COc1nc2ccccc2cc1NC(=O)Nc1ccc(Oc2ccc3c(c2)C(=O)NC3=O)cc1. The number of nitrogens with zero attached hydrogens (tertiary/aromatic N) is 1. The minimum atomic E-state index is -0.460. The first-order valence-corrected chi connectivity index (χ1v) is 10.3. The minimum absolute atomic E-state index is 0.274. The Morgan fingerprint density at radius 3 is 2.38 bits per heavy atom. The summed E-state index contributed by atoms with van der Waals surface area (Å²) in [5.74, 6) is 0.350. The van der Waals surface area contributed by atoms with Crippen molar-refractivity contribution in [2.24, 2.45) is 0 Å². The summed E-state index contributed by atoms with van der Waals surface area (Å²) in [5, 5.41) is 8.61. The second kappa shape index (κ2) is 8.55. The Morgan fingerprint density at radius 2 is 1.59 bits per heavy atom. The van der Waals surface area contributed by atoms with Crippen molar-refractivity contribution < 1.29 is 23.9 Å². The molecule has 168 valence electrons. The number of carbonyl (C=O) groups is 3. The van der Waals surface area contributed by atoms with Crippen LogP contribution in [0.5, 0.6) is 17.4 Å². The normalized spacial score (nSPS) is 12.1. The average Bonchev–Trinajstić information content (AvgIpc) is 3.12. The highest BCUT2D eigenvalue weighted by Crippen LogP contribution is 2.28. The van der Waals surface area contributed by atoms with Crippen LogP contribution in [0.2, 0.25) is 0 Å². The van der Waals surface area contributed by atoms with Crippen LogP contribution in [0, 0.1) is 0 Å². The highest BCUT2D eigenvalue weighted by Gasteiger charge is 2.27. The predicted molar refractivity (Wildman–Crippen MR) is 126 cm³/mol. The molecule has 0 aliphatic carbocycles. The molecule has 3 N–H and O–H groups in total. The molecule has 0 fully saturated rings. The molecule has 0 unspecified atom stereocenters. The molecule has 2 heterocycles. The van der Waals surface area contributed by atoms with Gasteiger partial charge in [-0.1, -0.05) is 18.2 Å².